The molecule has 2 N–H and O–H groups in total. The van der Waals surface area contributed by atoms with E-state index in [1.54, 1.807) is 32.0 Å². The Balaban J connectivity index is 1.44. The van der Waals surface area contributed by atoms with Crippen LogP contribution in [0.2, 0.25) is 0 Å². The minimum Gasteiger partial charge on any atom is -0.497 e. The Morgan fingerprint density at radius 2 is 2.06 bits per heavy atom. The number of rotatable bonds is 5. The second-order valence-corrected chi connectivity index (χ2v) is 7.74. The van der Waals surface area contributed by atoms with Crippen LogP contribution in [-0.4, -0.2) is 62.0 Å². The molecular formula is C21H21N9O. The number of aromatic nitrogens is 6. The largest absolute Gasteiger partial charge is 0.497 e. The summed E-state index contributed by atoms with van der Waals surface area (Å²) < 4.78 is 7.26. The molecule has 2 atom stereocenters. The van der Waals surface area contributed by atoms with Gasteiger partial charge in [0.05, 0.1) is 18.8 Å². The van der Waals surface area contributed by atoms with Gasteiger partial charge in [-0.15, -0.1) is 5.10 Å². The van der Waals surface area contributed by atoms with E-state index in [1.807, 2.05) is 28.9 Å². The normalized spacial score (nSPS) is 19.8. The third-order valence-electron chi connectivity index (χ3n) is 5.90. The zero-order chi connectivity index (χ0) is 20.8. The lowest BCUT2D eigenvalue weighted by atomic mass is 10.2. The van der Waals surface area contributed by atoms with E-state index in [4.69, 9.17) is 9.84 Å². The second kappa shape index (κ2) is 7.17. The highest BCUT2D eigenvalue weighted by molar-refractivity contribution is 5.93. The summed E-state index contributed by atoms with van der Waals surface area (Å²) in [6, 6.07) is 8.86. The van der Waals surface area contributed by atoms with Gasteiger partial charge in [-0.05, 0) is 18.6 Å². The van der Waals surface area contributed by atoms with Crippen molar-refractivity contribution in [3.8, 4) is 11.6 Å². The molecule has 0 unspecified atom stereocenters. The predicted molar refractivity (Wildman–Crippen MR) is 116 cm³/mol. The number of anilines is 3. The average Bonchev–Trinajstić information content (AvgIpc) is 3.54. The lowest BCUT2D eigenvalue weighted by Crippen LogP contribution is -2.44. The third kappa shape index (κ3) is 3.12. The molecule has 0 amide bonds. The van der Waals surface area contributed by atoms with Crippen molar-refractivity contribution >= 4 is 28.4 Å². The zero-order valence-electron chi connectivity index (χ0n) is 16.9. The smallest absolute Gasteiger partial charge is 0.162 e. The van der Waals surface area contributed by atoms with Crippen LogP contribution >= 0.6 is 0 Å². The summed E-state index contributed by atoms with van der Waals surface area (Å²) in [5.74, 6) is 3.66. The molecule has 31 heavy (non-hydrogen) atoms. The lowest BCUT2D eigenvalue weighted by Gasteiger charge is -2.28. The van der Waals surface area contributed by atoms with Gasteiger partial charge in [0.2, 0.25) is 0 Å². The third-order valence-corrected chi connectivity index (χ3v) is 5.90. The summed E-state index contributed by atoms with van der Waals surface area (Å²) in [5, 5.41) is 12.5. The summed E-state index contributed by atoms with van der Waals surface area (Å²) in [7, 11) is 1.65. The van der Waals surface area contributed by atoms with Crippen molar-refractivity contribution in [2.75, 3.05) is 30.4 Å². The monoisotopic (exact) mass is 415 g/mol. The van der Waals surface area contributed by atoms with Crippen LogP contribution in [0.3, 0.4) is 0 Å². The maximum atomic E-state index is 5.45. The van der Waals surface area contributed by atoms with Crippen molar-refractivity contribution in [2.45, 2.75) is 18.5 Å². The number of nitrogens with one attached hydrogen (secondary N) is 2. The Morgan fingerprint density at radius 1 is 1.13 bits per heavy atom. The molecule has 2 bridgehead atoms. The maximum Gasteiger partial charge on any atom is 0.162 e. The van der Waals surface area contributed by atoms with E-state index in [1.165, 1.54) is 0 Å². The number of hydrogen-bond donors (Lipinski definition) is 2. The molecule has 0 radical (unpaired) electrons. The summed E-state index contributed by atoms with van der Waals surface area (Å²) in [6.07, 6.45) is 7.70. The minimum atomic E-state index is 0.482. The van der Waals surface area contributed by atoms with Gasteiger partial charge in [0.15, 0.2) is 11.6 Å². The van der Waals surface area contributed by atoms with E-state index in [-0.39, 0.29) is 0 Å². The van der Waals surface area contributed by atoms with Crippen LogP contribution in [0.4, 0.5) is 17.5 Å². The highest BCUT2D eigenvalue weighted by Gasteiger charge is 2.38. The van der Waals surface area contributed by atoms with Crippen molar-refractivity contribution < 1.29 is 4.74 Å². The molecule has 0 spiro atoms. The number of piperazine rings is 1. The molecule has 6 rings (SSSR count). The first-order valence-corrected chi connectivity index (χ1v) is 10.2. The van der Waals surface area contributed by atoms with E-state index < -0.39 is 0 Å². The number of nitrogens with zero attached hydrogens (tertiary/aromatic N) is 7. The van der Waals surface area contributed by atoms with Gasteiger partial charge in [0.1, 0.15) is 23.7 Å². The van der Waals surface area contributed by atoms with Crippen molar-refractivity contribution in [1.82, 2.24) is 35.0 Å². The van der Waals surface area contributed by atoms with E-state index in [0.717, 1.165) is 42.0 Å². The zero-order valence-corrected chi connectivity index (χ0v) is 16.9. The SMILES string of the molecule is COc1ccc2c(Nc3cnccn3)nn(-c3cc(N4C[C@@H]5C[C@H]4CN5)ncn3)c2c1. The molecule has 5 heterocycles. The van der Waals surface area contributed by atoms with Gasteiger partial charge >= 0.3 is 0 Å². The van der Waals surface area contributed by atoms with Crippen LogP contribution in [0.1, 0.15) is 6.42 Å². The Kier molecular flexibility index (Phi) is 4.17. The fourth-order valence-electron chi connectivity index (χ4n) is 4.43. The Morgan fingerprint density at radius 3 is 2.84 bits per heavy atom. The van der Waals surface area contributed by atoms with Gasteiger partial charge in [0.25, 0.3) is 0 Å². The molecule has 10 heteroatoms. The summed E-state index contributed by atoms with van der Waals surface area (Å²) in [6.45, 7) is 1.96. The number of ether oxygens (including phenoxy) is 1. The van der Waals surface area contributed by atoms with Crippen molar-refractivity contribution in [1.29, 1.82) is 0 Å². The van der Waals surface area contributed by atoms with Gasteiger partial charge in [0, 0.05) is 55.1 Å². The van der Waals surface area contributed by atoms with Crippen LogP contribution in [-0.2, 0) is 0 Å². The van der Waals surface area contributed by atoms with Crippen LogP contribution in [0.5, 0.6) is 5.75 Å². The molecule has 0 aliphatic carbocycles. The molecule has 2 aliphatic heterocycles. The van der Waals surface area contributed by atoms with Gasteiger partial charge in [-0.3, -0.25) is 4.98 Å². The Hall–Kier alpha value is -3.79. The van der Waals surface area contributed by atoms with E-state index in [9.17, 15) is 0 Å². The molecule has 3 aromatic heterocycles. The molecule has 4 aromatic rings. The number of fused-ring (bicyclic) bond motifs is 3. The topological polar surface area (TPSA) is 106 Å². The summed E-state index contributed by atoms with van der Waals surface area (Å²) in [4.78, 5) is 19.8. The first-order chi connectivity index (χ1) is 15.3. The molecule has 156 valence electrons. The standard InChI is InChI=1S/C21H21N9O/c1-31-15-2-3-16-17(7-15)30(28-21(16)27-18-10-22-4-5-23-18)20-8-19(25-12-26-20)29-11-13-6-14(29)9-24-13/h2-5,7-8,10,12-14,24H,6,9,11H2,1H3,(H,23,27,28)/t13-,14-/m0/s1. The average molecular weight is 415 g/mol. The van der Waals surface area contributed by atoms with Crippen LogP contribution in [0.25, 0.3) is 16.7 Å². The first kappa shape index (κ1) is 18.0. The molecular weight excluding hydrogens is 394 g/mol. The first-order valence-electron chi connectivity index (χ1n) is 10.2. The fourth-order valence-corrected chi connectivity index (χ4v) is 4.43. The number of methoxy groups -OCH3 is 1. The number of benzene rings is 1. The van der Waals surface area contributed by atoms with Gasteiger partial charge in [-0.2, -0.15) is 0 Å². The van der Waals surface area contributed by atoms with Gasteiger partial charge in [-0.25, -0.2) is 19.6 Å². The molecule has 2 aliphatic rings. The quantitative estimate of drug-likeness (QED) is 0.505. The van der Waals surface area contributed by atoms with Crippen LogP contribution in [0, 0.1) is 0 Å². The predicted octanol–water partition coefficient (Wildman–Crippen LogP) is 1.91. The number of hydrogen-bond acceptors (Lipinski definition) is 9. The lowest BCUT2D eigenvalue weighted by molar-refractivity contribution is 0.415. The highest BCUT2D eigenvalue weighted by atomic mass is 16.5. The molecule has 2 fully saturated rings. The molecule has 0 saturated carbocycles. The molecule has 1 aromatic carbocycles. The Bertz CT molecular complexity index is 1240. The van der Waals surface area contributed by atoms with Crippen LogP contribution < -0.4 is 20.3 Å². The fraction of sp³-hybridized carbons (Fsp3) is 0.286. The van der Waals surface area contributed by atoms with Crippen molar-refractivity contribution in [2.24, 2.45) is 0 Å². The maximum absolute atomic E-state index is 5.45. The summed E-state index contributed by atoms with van der Waals surface area (Å²) >= 11 is 0. The Labute approximate surface area is 178 Å². The minimum absolute atomic E-state index is 0.482. The molecule has 2 saturated heterocycles. The van der Waals surface area contributed by atoms with Crippen molar-refractivity contribution in [3.63, 3.8) is 0 Å². The molecule has 10 nitrogen and oxygen atoms in total. The van der Waals surface area contributed by atoms with E-state index in [2.05, 4.69) is 35.5 Å². The van der Waals surface area contributed by atoms with Gasteiger partial charge in [-0.1, -0.05) is 0 Å². The van der Waals surface area contributed by atoms with Gasteiger partial charge < -0.3 is 20.3 Å². The van der Waals surface area contributed by atoms with Crippen LogP contribution in [0.15, 0.2) is 49.2 Å². The second-order valence-electron chi connectivity index (χ2n) is 7.74. The van der Waals surface area contributed by atoms with E-state index in [0.29, 0.717) is 29.5 Å². The van der Waals surface area contributed by atoms with E-state index >= 15 is 0 Å². The summed E-state index contributed by atoms with van der Waals surface area (Å²) in [5.41, 5.74) is 0.875. The highest BCUT2D eigenvalue weighted by Crippen LogP contribution is 2.32. The van der Waals surface area contributed by atoms with Crippen molar-refractivity contribution in [3.05, 3.63) is 49.2 Å².